The van der Waals surface area contributed by atoms with Gasteiger partial charge in [-0.1, -0.05) is 6.07 Å². The van der Waals surface area contributed by atoms with Crippen LogP contribution in [-0.4, -0.2) is 26.1 Å². The van der Waals surface area contributed by atoms with E-state index in [1.54, 1.807) is 24.3 Å². The number of hydrogen-bond acceptors (Lipinski definition) is 4. The Bertz CT molecular complexity index is 822. The number of anilines is 1. The Kier molecular flexibility index (Phi) is 3.92. The second-order valence-electron chi connectivity index (χ2n) is 4.38. The molecule has 0 atom stereocenters. The molecule has 1 aromatic heterocycles. The number of hydrogen-bond donors (Lipinski definition) is 1. The normalized spacial score (nSPS) is 10.5. The number of carbonyl (C=O) groups excluding carboxylic acids is 1. The lowest BCUT2D eigenvalue weighted by atomic mass is 10.2. The third kappa shape index (κ3) is 3.01. The summed E-state index contributed by atoms with van der Waals surface area (Å²) in [5.74, 6) is -0.759. The maximum absolute atomic E-state index is 13.1. The van der Waals surface area contributed by atoms with Crippen molar-refractivity contribution in [3.8, 4) is 5.69 Å². The zero-order valence-corrected chi connectivity index (χ0v) is 12.7. The Labute approximate surface area is 133 Å². The molecule has 0 bridgehead atoms. The minimum atomic E-state index is -0.413. The molecule has 0 aliphatic carbocycles. The van der Waals surface area contributed by atoms with E-state index in [1.807, 2.05) is 0 Å². The van der Waals surface area contributed by atoms with Gasteiger partial charge in [-0.2, -0.15) is 0 Å². The summed E-state index contributed by atoms with van der Waals surface area (Å²) in [6.45, 7) is 0. The fourth-order valence-electron chi connectivity index (χ4n) is 1.88. The van der Waals surface area contributed by atoms with Crippen LogP contribution >= 0.6 is 15.9 Å². The highest BCUT2D eigenvalue weighted by Gasteiger charge is 2.11. The van der Waals surface area contributed by atoms with Gasteiger partial charge in [0, 0.05) is 10.2 Å². The highest BCUT2D eigenvalue weighted by molar-refractivity contribution is 9.10. The lowest BCUT2D eigenvalue weighted by Crippen LogP contribution is -2.13. The van der Waals surface area contributed by atoms with Crippen LogP contribution < -0.4 is 5.32 Å². The molecule has 6 nitrogen and oxygen atoms in total. The second-order valence-corrected chi connectivity index (χ2v) is 5.24. The molecule has 1 heterocycles. The Balaban J connectivity index is 1.84. The molecule has 1 N–H and O–H groups in total. The Morgan fingerprint density at radius 1 is 1.23 bits per heavy atom. The van der Waals surface area contributed by atoms with Crippen LogP contribution in [0, 0.1) is 5.82 Å². The van der Waals surface area contributed by atoms with E-state index in [0.29, 0.717) is 21.4 Å². The minimum Gasteiger partial charge on any atom is -0.322 e. The van der Waals surface area contributed by atoms with Crippen LogP contribution in [0.4, 0.5) is 10.1 Å². The van der Waals surface area contributed by atoms with Gasteiger partial charge in [0.15, 0.2) is 0 Å². The highest BCUT2D eigenvalue weighted by Crippen LogP contribution is 2.20. The van der Waals surface area contributed by atoms with Crippen molar-refractivity contribution >= 4 is 27.5 Å². The summed E-state index contributed by atoms with van der Waals surface area (Å²) in [7, 11) is 0. The van der Waals surface area contributed by atoms with Gasteiger partial charge in [0.25, 0.3) is 5.91 Å². The van der Waals surface area contributed by atoms with Gasteiger partial charge in [-0.25, -0.2) is 9.07 Å². The molecule has 110 valence electrons. The predicted octanol–water partition coefficient (Wildman–Crippen LogP) is 2.82. The van der Waals surface area contributed by atoms with Crippen molar-refractivity contribution in [2.24, 2.45) is 0 Å². The Morgan fingerprint density at radius 3 is 2.82 bits per heavy atom. The average Bonchev–Trinajstić information content (AvgIpc) is 3.01. The summed E-state index contributed by atoms with van der Waals surface area (Å²) in [4.78, 5) is 12.2. The number of halogens is 2. The lowest BCUT2D eigenvalue weighted by molar-refractivity contribution is 0.102. The molecule has 0 radical (unpaired) electrons. The van der Waals surface area contributed by atoms with E-state index >= 15 is 0 Å². The summed E-state index contributed by atoms with van der Waals surface area (Å²) in [5.41, 5.74) is 1.63. The number of benzene rings is 2. The largest absolute Gasteiger partial charge is 0.322 e. The number of aromatic nitrogens is 4. The molecule has 0 fully saturated rings. The van der Waals surface area contributed by atoms with Crippen LogP contribution in [0.2, 0.25) is 0 Å². The Hall–Kier alpha value is -2.61. The summed E-state index contributed by atoms with van der Waals surface area (Å²) >= 11 is 3.18. The number of carbonyl (C=O) groups is 1. The number of nitrogens with zero attached hydrogens (tertiary/aromatic N) is 4. The molecule has 0 unspecified atom stereocenters. The van der Waals surface area contributed by atoms with Crippen LogP contribution in [0.15, 0.2) is 53.3 Å². The van der Waals surface area contributed by atoms with E-state index in [0.717, 1.165) is 0 Å². The van der Waals surface area contributed by atoms with E-state index in [4.69, 9.17) is 0 Å². The summed E-state index contributed by atoms with van der Waals surface area (Å²) < 4.78 is 14.9. The molecule has 8 heteroatoms. The van der Waals surface area contributed by atoms with Crippen molar-refractivity contribution in [3.63, 3.8) is 0 Å². The molecule has 0 saturated heterocycles. The SMILES string of the molecule is O=C(Nc1cccc(-n2cnnn2)c1)c1ccc(F)cc1Br. The van der Waals surface area contributed by atoms with Gasteiger partial charge < -0.3 is 5.32 Å². The summed E-state index contributed by atoms with van der Waals surface area (Å²) in [6, 6.07) is 10.9. The van der Waals surface area contributed by atoms with Crippen molar-refractivity contribution in [2.75, 3.05) is 5.32 Å². The molecule has 0 spiro atoms. The molecule has 0 aliphatic rings. The minimum absolute atomic E-state index is 0.342. The van der Waals surface area contributed by atoms with E-state index in [9.17, 15) is 9.18 Å². The smallest absolute Gasteiger partial charge is 0.256 e. The monoisotopic (exact) mass is 361 g/mol. The standard InChI is InChI=1S/C14H9BrFN5O/c15-13-6-9(16)4-5-12(13)14(22)18-10-2-1-3-11(7-10)21-8-17-19-20-21/h1-8H,(H,18,22). The Morgan fingerprint density at radius 2 is 2.09 bits per heavy atom. The molecule has 3 aromatic rings. The highest BCUT2D eigenvalue weighted by atomic mass is 79.9. The first-order chi connectivity index (χ1) is 10.6. The van der Waals surface area contributed by atoms with E-state index in [1.165, 1.54) is 29.2 Å². The zero-order valence-electron chi connectivity index (χ0n) is 11.1. The van der Waals surface area contributed by atoms with Gasteiger partial charge in [0.1, 0.15) is 12.1 Å². The van der Waals surface area contributed by atoms with E-state index in [-0.39, 0.29) is 5.91 Å². The van der Waals surface area contributed by atoms with Gasteiger partial charge in [-0.15, -0.1) is 5.10 Å². The first-order valence-corrected chi connectivity index (χ1v) is 7.02. The number of amides is 1. The van der Waals surface area contributed by atoms with E-state index < -0.39 is 5.82 Å². The van der Waals surface area contributed by atoms with Crippen molar-refractivity contribution < 1.29 is 9.18 Å². The molecular weight excluding hydrogens is 353 g/mol. The van der Waals surface area contributed by atoms with Crippen LogP contribution in [-0.2, 0) is 0 Å². The molecule has 1 amide bonds. The van der Waals surface area contributed by atoms with Crippen molar-refractivity contribution in [3.05, 3.63) is 64.6 Å². The fourth-order valence-corrected chi connectivity index (χ4v) is 2.41. The molecule has 2 aromatic carbocycles. The summed E-state index contributed by atoms with van der Waals surface area (Å²) in [5, 5.41) is 13.6. The quantitative estimate of drug-likeness (QED) is 0.778. The van der Waals surface area contributed by atoms with Gasteiger partial charge in [-0.05, 0) is 62.8 Å². The van der Waals surface area contributed by atoms with Crippen LogP contribution in [0.25, 0.3) is 5.69 Å². The van der Waals surface area contributed by atoms with Crippen LogP contribution in [0.3, 0.4) is 0 Å². The van der Waals surface area contributed by atoms with Crippen LogP contribution in [0.5, 0.6) is 0 Å². The predicted molar refractivity (Wildman–Crippen MR) is 81.2 cm³/mol. The fraction of sp³-hybridized carbons (Fsp3) is 0. The third-order valence-corrected chi connectivity index (χ3v) is 3.55. The number of rotatable bonds is 3. The third-order valence-electron chi connectivity index (χ3n) is 2.89. The summed E-state index contributed by atoms with van der Waals surface area (Å²) in [6.07, 6.45) is 1.46. The van der Waals surface area contributed by atoms with Crippen LogP contribution in [0.1, 0.15) is 10.4 Å². The van der Waals surface area contributed by atoms with Gasteiger partial charge in [0.2, 0.25) is 0 Å². The lowest BCUT2D eigenvalue weighted by Gasteiger charge is -2.08. The topological polar surface area (TPSA) is 72.7 Å². The van der Waals surface area contributed by atoms with Crippen molar-refractivity contribution in [1.29, 1.82) is 0 Å². The van der Waals surface area contributed by atoms with Crippen molar-refractivity contribution in [1.82, 2.24) is 20.2 Å². The number of nitrogens with one attached hydrogen (secondary N) is 1. The maximum atomic E-state index is 13.1. The first-order valence-electron chi connectivity index (χ1n) is 6.23. The molecule has 3 rings (SSSR count). The molecular formula is C14H9BrFN5O. The zero-order chi connectivity index (χ0) is 15.5. The maximum Gasteiger partial charge on any atom is 0.256 e. The van der Waals surface area contributed by atoms with Gasteiger partial charge in [0.05, 0.1) is 11.3 Å². The van der Waals surface area contributed by atoms with Gasteiger partial charge in [-0.3, -0.25) is 4.79 Å². The van der Waals surface area contributed by atoms with E-state index in [2.05, 4.69) is 36.8 Å². The number of tetrazole rings is 1. The van der Waals surface area contributed by atoms with Gasteiger partial charge >= 0.3 is 0 Å². The average molecular weight is 362 g/mol. The second kappa shape index (κ2) is 6.02. The molecule has 0 saturated carbocycles. The first kappa shape index (κ1) is 14.3. The molecule has 0 aliphatic heterocycles. The van der Waals surface area contributed by atoms with Crippen molar-refractivity contribution in [2.45, 2.75) is 0 Å². The molecule has 22 heavy (non-hydrogen) atoms.